The molecule has 0 fully saturated rings. The molecular weight excluding hydrogens is 242 g/mol. The molecule has 1 atom stereocenters. The van der Waals surface area contributed by atoms with Gasteiger partial charge in [0.2, 0.25) is 0 Å². The summed E-state index contributed by atoms with van der Waals surface area (Å²) in [4.78, 5) is 11.9. The molecule has 5 nitrogen and oxygen atoms in total. The lowest BCUT2D eigenvalue weighted by Crippen LogP contribution is -2.31. The Morgan fingerprint density at radius 2 is 2.26 bits per heavy atom. The molecule has 0 unspecified atom stereocenters. The molecule has 1 heterocycles. The Kier molecular flexibility index (Phi) is 2.95. The first-order valence-corrected chi connectivity index (χ1v) is 6.31. The van der Waals surface area contributed by atoms with Gasteiger partial charge in [0, 0.05) is 6.07 Å². The van der Waals surface area contributed by atoms with E-state index in [1.165, 1.54) is 11.1 Å². The molecule has 0 saturated heterocycles. The van der Waals surface area contributed by atoms with Crippen molar-refractivity contribution >= 4 is 11.8 Å². The summed E-state index contributed by atoms with van der Waals surface area (Å²) in [6.45, 7) is 1.78. The third kappa shape index (κ3) is 2.45. The number of aromatic nitrogens is 1. The highest BCUT2D eigenvalue weighted by Crippen LogP contribution is 2.30. The van der Waals surface area contributed by atoms with Gasteiger partial charge in [-0.05, 0) is 30.9 Å². The number of hydrogen-bond donors (Lipinski definition) is 2. The number of nitrogens with zero attached hydrogens (tertiary/aromatic N) is 1. The summed E-state index contributed by atoms with van der Waals surface area (Å²) in [7, 11) is 0. The van der Waals surface area contributed by atoms with Crippen LogP contribution in [0.2, 0.25) is 0 Å². The number of aryl methyl sites for hydroxylation is 2. The molecule has 2 N–H and O–H groups in total. The predicted molar refractivity (Wildman–Crippen MR) is 70.9 cm³/mol. The summed E-state index contributed by atoms with van der Waals surface area (Å²) in [6, 6.07) is 9.70. The van der Waals surface area contributed by atoms with E-state index in [-0.39, 0.29) is 12.1 Å². The van der Waals surface area contributed by atoms with E-state index < -0.39 is 0 Å². The highest BCUT2D eigenvalue weighted by atomic mass is 16.5. The van der Waals surface area contributed by atoms with Gasteiger partial charge in [-0.2, -0.15) is 0 Å². The average Bonchev–Trinajstić information content (AvgIpc) is 2.97. The van der Waals surface area contributed by atoms with Crippen molar-refractivity contribution in [2.45, 2.75) is 25.8 Å². The third-order valence-electron chi connectivity index (χ3n) is 3.31. The Hall–Kier alpha value is -2.30. The van der Waals surface area contributed by atoms with Gasteiger partial charge in [-0.15, -0.1) is 0 Å². The highest BCUT2D eigenvalue weighted by molar-refractivity contribution is 5.88. The first-order chi connectivity index (χ1) is 9.22. The maximum absolute atomic E-state index is 11.9. The second-order valence-electron chi connectivity index (χ2n) is 4.71. The number of nitrogens with one attached hydrogen (secondary N) is 2. The molecule has 3 rings (SSSR count). The van der Waals surface area contributed by atoms with Crippen molar-refractivity contribution in [3.05, 3.63) is 47.2 Å². The van der Waals surface area contributed by atoms with Crippen LogP contribution in [0.1, 0.15) is 29.3 Å². The number of benzene rings is 1. The van der Waals surface area contributed by atoms with E-state index in [0.29, 0.717) is 11.6 Å². The van der Waals surface area contributed by atoms with Crippen molar-refractivity contribution in [2.24, 2.45) is 0 Å². The lowest BCUT2D eigenvalue weighted by atomic mass is 10.1. The zero-order valence-electron chi connectivity index (χ0n) is 10.6. The summed E-state index contributed by atoms with van der Waals surface area (Å²) in [5.41, 5.74) is 2.51. The van der Waals surface area contributed by atoms with Gasteiger partial charge in [0.25, 0.3) is 0 Å². The van der Waals surface area contributed by atoms with Gasteiger partial charge in [-0.1, -0.05) is 29.4 Å². The van der Waals surface area contributed by atoms with Gasteiger partial charge in [0.15, 0.2) is 5.82 Å². The maximum Gasteiger partial charge on any atom is 0.320 e. The quantitative estimate of drug-likeness (QED) is 0.869. The standard InChI is InChI=1S/C14H15N3O2/c1-9-8-13(17-19-9)16-14(18)15-12-7-6-10-4-2-3-5-11(10)12/h2-5,8,12H,6-7H2,1H3,(H2,15,16,17,18)/t12-/m0/s1. The first kappa shape index (κ1) is 11.8. The summed E-state index contributed by atoms with van der Waals surface area (Å²) in [5.74, 6) is 1.10. The summed E-state index contributed by atoms with van der Waals surface area (Å²) >= 11 is 0. The molecule has 0 spiro atoms. The van der Waals surface area contributed by atoms with Crippen LogP contribution in [0, 0.1) is 6.92 Å². The van der Waals surface area contributed by atoms with Crippen LogP contribution in [0.25, 0.3) is 0 Å². The Bertz CT molecular complexity index is 606. The summed E-state index contributed by atoms with van der Waals surface area (Å²) in [6.07, 6.45) is 1.94. The SMILES string of the molecule is Cc1cc(NC(=O)N[C@H]2CCc3ccccc32)no1. The molecule has 1 aromatic carbocycles. The molecule has 5 heteroatoms. The van der Waals surface area contributed by atoms with Gasteiger partial charge in [-0.25, -0.2) is 4.79 Å². The first-order valence-electron chi connectivity index (χ1n) is 6.31. The normalized spacial score (nSPS) is 17.0. The van der Waals surface area contributed by atoms with Crippen LogP contribution in [-0.2, 0) is 6.42 Å². The number of anilines is 1. The zero-order valence-corrected chi connectivity index (χ0v) is 10.6. The fourth-order valence-corrected chi connectivity index (χ4v) is 2.44. The Morgan fingerprint density at radius 1 is 1.42 bits per heavy atom. The lowest BCUT2D eigenvalue weighted by Gasteiger charge is -2.13. The van der Waals surface area contributed by atoms with Crippen LogP contribution >= 0.6 is 0 Å². The Balaban J connectivity index is 1.65. The molecule has 98 valence electrons. The van der Waals surface area contributed by atoms with Gasteiger partial charge < -0.3 is 9.84 Å². The minimum absolute atomic E-state index is 0.0733. The number of amides is 2. The predicted octanol–water partition coefficient (Wildman–Crippen LogP) is 2.79. The van der Waals surface area contributed by atoms with E-state index in [2.05, 4.69) is 27.9 Å². The second kappa shape index (κ2) is 4.76. The van der Waals surface area contributed by atoms with Crippen molar-refractivity contribution in [3.8, 4) is 0 Å². The Labute approximate surface area is 111 Å². The van der Waals surface area contributed by atoms with E-state index >= 15 is 0 Å². The van der Waals surface area contributed by atoms with Crippen LogP contribution in [0.4, 0.5) is 10.6 Å². The molecular formula is C14H15N3O2. The van der Waals surface area contributed by atoms with Crippen molar-refractivity contribution in [3.63, 3.8) is 0 Å². The number of carbonyl (C=O) groups excluding carboxylic acids is 1. The van der Waals surface area contributed by atoms with E-state index in [1.54, 1.807) is 13.0 Å². The average molecular weight is 257 g/mol. The van der Waals surface area contributed by atoms with E-state index in [9.17, 15) is 4.79 Å². The number of fused-ring (bicyclic) bond motifs is 1. The molecule has 1 aromatic heterocycles. The van der Waals surface area contributed by atoms with Crippen molar-refractivity contribution in [2.75, 3.05) is 5.32 Å². The van der Waals surface area contributed by atoms with Crippen LogP contribution in [0.3, 0.4) is 0 Å². The largest absolute Gasteiger partial charge is 0.360 e. The second-order valence-corrected chi connectivity index (χ2v) is 4.71. The van der Waals surface area contributed by atoms with Crippen molar-refractivity contribution in [1.82, 2.24) is 10.5 Å². The molecule has 19 heavy (non-hydrogen) atoms. The van der Waals surface area contributed by atoms with Crippen molar-refractivity contribution in [1.29, 1.82) is 0 Å². The minimum atomic E-state index is -0.255. The van der Waals surface area contributed by atoms with Crippen LogP contribution in [0.5, 0.6) is 0 Å². The van der Waals surface area contributed by atoms with Crippen LogP contribution in [-0.4, -0.2) is 11.2 Å². The molecule has 0 aliphatic heterocycles. The van der Waals surface area contributed by atoms with E-state index in [1.807, 2.05) is 12.1 Å². The number of urea groups is 1. The monoisotopic (exact) mass is 257 g/mol. The Morgan fingerprint density at radius 3 is 3.05 bits per heavy atom. The molecule has 0 saturated carbocycles. The molecule has 1 aliphatic carbocycles. The topological polar surface area (TPSA) is 67.2 Å². The van der Waals surface area contributed by atoms with Crippen LogP contribution < -0.4 is 10.6 Å². The van der Waals surface area contributed by atoms with E-state index in [0.717, 1.165) is 12.8 Å². The van der Waals surface area contributed by atoms with Gasteiger partial charge >= 0.3 is 6.03 Å². The molecule has 2 aromatic rings. The number of rotatable bonds is 2. The number of carbonyl (C=O) groups is 1. The molecule has 1 aliphatic rings. The molecule has 2 amide bonds. The smallest absolute Gasteiger partial charge is 0.320 e. The summed E-state index contributed by atoms with van der Waals surface area (Å²) < 4.78 is 4.90. The van der Waals surface area contributed by atoms with Gasteiger partial charge in [0.05, 0.1) is 6.04 Å². The molecule has 0 radical (unpaired) electrons. The minimum Gasteiger partial charge on any atom is -0.360 e. The fraction of sp³-hybridized carbons (Fsp3) is 0.286. The maximum atomic E-state index is 11.9. The fourth-order valence-electron chi connectivity index (χ4n) is 2.44. The zero-order chi connectivity index (χ0) is 13.2. The van der Waals surface area contributed by atoms with Crippen molar-refractivity contribution < 1.29 is 9.32 Å². The molecule has 0 bridgehead atoms. The van der Waals surface area contributed by atoms with Gasteiger partial charge in [0.1, 0.15) is 5.76 Å². The van der Waals surface area contributed by atoms with E-state index in [4.69, 9.17) is 4.52 Å². The third-order valence-corrected chi connectivity index (χ3v) is 3.31. The lowest BCUT2D eigenvalue weighted by molar-refractivity contribution is 0.248. The van der Waals surface area contributed by atoms with Gasteiger partial charge in [-0.3, -0.25) is 5.32 Å². The highest BCUT2D eigenvalue weighted by Gasteiger charge is 2.23. The number of hydrogen-bond acceptors (Lipinski definition) is 3. The summed E-state index contributed by atoms with van der Waals surface area (Å²) in [5, 5.41) is 9.35. The van der Waals surface area contributed by atoms with Crippen LogP contribution in [0.15, 0.2) is 34.9 Å².